The predicted octanol–water partition coefficient (Wildman–Crippen LogP) is 0.425. The number of amides is 1. The minimum Gasteiger partial charge on any atom is -0.467 e. The Bertz CT molecular complexity index is 444. The molecule has 7 heteroatoms. The summed E-state index contributed by atoms with van der Waals surface area (Å²) in [6.07, 6.45) is 0.257. The van der Waals surface area contributed by atoms with Gasteiger partial charge < -0.3 is 19.7 Å². The van der Waals surface area contributed by atoms with Gasteiger partial charge in [0.2, 0.25) is 0 Å². The first-order valence-corrected chi connectivity index (χ1v) is 5.77. The number of methoxy groups -OCH3 is 1. The SMILES string of the molecule is CCn1cc(Cl)cc1C(=O)NCC(O)C(=O)OC. The Balaban J connectivity index is 2.63. The van der Waals surface area contributed by atoms with Crippen molar-refractivity contribution in [1.29, 1.82) is 0 Å². The van der Waals surface area contributed by atoms with E-state index in [0.717, 1.165) is 7.11 Å². The van der Waals surface area contributed by atoms with Gasteiger partial charge in [-0.25, -0.2) is 4.79 Å². The third-order valence-corrected chi connectivity index (χ3v) is 2.57. The predicted molar refractivity (Wildman–Crippen MR) is 65.5 cm³/mol. The number of hydrogen-bond acceptors (Lipinski definition) is 4. The molecule has 0 fully saturated rings. The normalized spacial score (nSPS) is 12.0. The average Bonchev–Trinajstić information content (AvgIpc) is 2.75. The Morgan fingerprint density at radius 1 is 1.61 bits per heavy atom. The zero-order valence-corrected chi connectivity index (χ0v) is 10.9. The molecule has 1 amide bonds. The molecule has 0 aliphatic rings. The Kier molecular flexibility index (Phi) is 5.18. The van der Waals surface area contributed by atoms with E-state index in [1.165, 1.54) is 6.07 Å². The molecule has 2 N–H and O–H groups in total. The van der Waals surface area contributed by atoms with Crippen LogP contribution in [-0.4, -0.2) is 41.3 Å². The summed E-state index contributed by atoms with van der Waals surface area (Å²) < 4.78 is 6.00. The van der Waals surface area contributed by atoms with E-state index in [9.17, 15) is 14.7 Å². The van der Waals surface area contributed by atoms with Crippen molar-refractivity contribution in [3.05, 3.63) is 23.0 Å². The Morgan fingerprint density at radius 2 is 2.28 bits per heavy atom. The monoisotopic (exact) mass is 274 g/mol. The van der Waals surface area contributed by atoms with Crippen molar-refractivity contribution in [2.45, 2.75) is 19.6 Å². The van der Waals surface area contributed by atoms with E-state index in [1.807, 2.05) is 6.92 Å². The van der Waals surface area contributed by atoms with Crippen molar-refractivity contribution < 1.29 is 19.4 Å². The van der Waals surface area contributed by atoms with Gasteiger partial charge in [0, 0.05) is 12.7 Å². The van der Waals surface area contributed by atoms with Crippen molar-refractivity contribution >= 4 is 23.5 Å². The van der Waals surface area contributed by atoms with Gasteiger partial charge in [-0.15, -0.1) is 0 Å². The molecule has 0 saturated heterocycles. The highest BCUT2D eigenvalue weighted by atomic mass is 35.5. The van der Waals surface area contributed by atoms with E-state index in [4.69, 9.17) is 11.6 Å². The topological polar surface area (TPSA) is 80.6 Å². The Hall–Kier alpha value is -1.53. The summed E-state index contributed by atoms with van der Waals surface area (Å²) in [5.41, 5.74) is 0.375. The standard InChI is InChI=1S/C11H15ClN2O4/c1-3-14-6-7(12)4-8(14)10(16)13-5-9(15)11(17)18-2/h4,6,9,15H,3,5H2,1-2H3,(H,13,16). The highest BCUT2D eigenvalue weighted by Crippen LogP contribution is 2.13. The number of carbonyl (C=O) groups is 2. The second-order valence-electron chi connectivity index (χ2n) is 3.58. The number of aliphatic hydroxyl groups is 1. The smallest absolute Gasteiger partial charge is 0.336 e. The number of aliphatic hydroxyl groups excluding tert-OH is 1. The summed E-state index contributed by atoms with van der Waals surface area (Å²) in [4.78, 5) is 22.7. The summed E-state index contributed by atoms with van der Waals surface area (Å²) in [7, 11) is 1.16. The van der Waals surface area contributed by atoms with Crippen LogP contribution in [0.4, 0.5) is 0 Å². The van der Waals surface area contributed by atoms with Crippen molar-refractivity contribution in [2.75, 3.05) is 13.7 Å². The van der Waals surface area contributed by atoms with Crippen LogP contribution >= 0.6 is 11.6 Å². The Morgan fingerprint density at radius 3 is 2.83 bits per heavy atom. The minimum absolute atomic E-state index is 0.210. The van der Waals surface area contributed by atoms with Gasteiger partial charge in [-0.3, -0.25) is 4.79 Å². The first-order valence-electron chi connectivity index (χ1n) is 5.39. The molecule has 1 aromatic heterocycles. The van der Waals surface area contributed by atoms with E-state index in [2.05, 4.69) is 10.1 Å². The van der Waals surface area contributed by atoms with Gasteiger partial charge in [0.05, 0.1) is 18.7 Å². The average molecular weight is 275 g/mol. The van der Waals surface area contributed by atoms with E-state index in [-0.39, 0.29) is 6.54 Å². The molecule has 0 saturated carbocycles. The van der Waals surface area contributed by atoms with Gasteiger partial charge in [-0.05, 0) is 13.0 Å². The first kappa shape index (κ1) is 14.5. The van der Waals surface area contributed by atoms with Crippen LogP contribution in [0.2, 0.25) is 5.02 Å². The van der Waals surface area contributed by atoms with Gasteiger partial charge in [-0.2, -0.15) is 0 Å². The van der Waals surface area contributed by atoms with Gasteiger partial charge in [0.1, 0.15) is 5.69 Å². The third kappa shape index (κ3) is 3.48. The number of halogens is 1. The molecular formula is C11H15ClN2O4. The van der Waals surface area contributed by atoms with Gasteiger partial charge in [0.25, 0.3) is 5.91 Å². The molecule has 1 heterocycles. The van der Waals surface area contributed by atoms with Crippen LogP contribution < -0.4 is 5.32 Å². The fraction of sp³-hybridized carbons (Fsp3) is 0.455. The maximum Gasteiger partial charge on any atom is 0.336 e. The molecule has 6 nitrogen and oxygen atoms in total. The van der Waals surface area contributed by atoms with Crippen molar-refractivity contribution in [3.8, 4) is 0 Å². The van der Waals surface area contributed by atoms with Crippen LogP contribution in [0.5, 0.6) is 0 Å². The number of nitrogens with zero attached hydrogens (tertiary/aromatic N) is 1. The zero-order chi connectivity index (χ0) is 13.7. The molecule has 1 aromatic rings. The summed E-state index contributed by atoms with van der Waals surface area (Å²) >= 11 is 5.80. The van der Waals surface area contributed by atoms with Gasteiger partial charge in [-0.1, -0.05) is 11.6 Å². The van der Waals surface area contributed by atoms with E-state index in [1.54, 1.807) is 10.8 Å². The van der Waals surface area contributed by atoms with Gasteiger partial charge >= 0.3 is 5.97 Å². The lowest BCUT2D eigenvalue weighted by molar-refractivity contribution is -0.149. The molecule has 1 unspecified atom stereocenters. The lowest BCUT2D eigenvalue weighted by Crippen LogP contribution is -2.37. The van der Waals surface area contributed by atoms with E-state index in [0.29, 0.717) is 17.3 Å². The van der Waals surface area contributed by atoms with Crippen LogP contribution in [0, 0.1) is 0 Å². The molecule has 0 bridgehead atoms. The molecule has 0 radical (unpaired) electrons. The quantitative estimate of drug-likeness (QED) is 0.763. The number of aromatic nitrogens is 1. The molecule has 100 valence electrons. The first-order chi connectivity index (χ1) is 8.49. The van der Waals surface area contributed by atoms with Crippen LogP contribution in [0.25, 0.3) is 0 Å². The number of carbonyl (C=O) groups excluding carboxylic acids is 2. The fourth-order valence-corrected chi connectivity index (χ4v) is 1.65. The number of esters is 1. The lowest BCUT2D eigenvalue weighted by Gasteiger charge is -2.10. The lowest BCUT2D eigenvalue weighted by atomic mass is 10.3. The number of hydrogen-bond donors (Lipinski definition) is 2. The molecule has 0 spiro atoms. The van der Waals surface area contributed by atoms with Crippen molar-refractivity contribution in [3.63, 3.8) is 0 Å². The van der Waals surface area contributed by atoms with Crippen molar-refractivity contribution in [2.24, 2.45) is 0 Å². The number of aryl methyl sites for hydroxylation is 1. The summed E-state index contributed by atoms with van der Waals surface area (Å²) in [5.74, 6) is -1.20. The van der Waals surface area contributed by atoms with Crippen LogP contribution in [0.15, 0.2) is 12.3 Å². The molecule has 0 aliphatic heterocycles. The van der Waals surface area contributed by atoms with Crippen LogP contribution in [0.1, 0.15) is 17.4 Å². The molecular weight excluding hydrogens is 260 g/mol. The maximum atomic E-state index is 11.8. The van der Waals surface area contributed by atoms with E-state index < -0.39 is 18.0 Å². The Labute approximate surface area is 109 Å². The van der Waals surface area contributed by atoms with Crippen LogP contribution in [0.3, 0.4) is 0 Å². The molecule has 0 aliphatic carbocycles. The van der Waals surface area contributed by atoms with Crippen molar-refractivity contribution in [1.82, 2.24) is 9.88 Å². The van der Waals surface area contributed by atoms with Crippen LogP contribution in [-0.2, 0) is 16.1 Å². The molecule has 18 heavy (non-hydrogen) atoms. The highest BCUT2D eigenvalue weighted by molar-refractivity contribution is 6.31. The fourth-order valence-electron chi connectivity index (χ4n) is 1.43. The minimum atomic E-state index is -1.38. The summed E-state index contributed by atoms with van der Waals surface area (Å²) in [6.45, 7) is 2.25. The second kappa shape index (κ2) is 6.42. The highest BCUT2D eigenvalue weighted by Gasteiger charge is 2.18. The van der Waals surface area contributed by atoms with E-state index >= 15 is 0 Å². The number of rotatable bonds is 5. The molecule has 1 rings (SSSR count). The summed E-state index contributed by atoms with van der Waals surface area (Å²) in [5, 5.41) is 12.2. The maximum absolute atomic E-state index is 11.8. The largest absolute Gasteiger partial charge is 0.467 e. The second-order valence-corrected chi connectivity index (χ2v) is 4.01. The molecule has 0 aromatic carbocycles. The summed E-state index contributed by atoms with van der Waals surface area (Å²) in [6, 6.07) is 1.52. The zero-order valence-electron chi connectivity index (χ0n) is 10.1. The number of ether oxygens (including phenoxy) is 1. The third-order valence-electron chi connectivity index (χ3n) is 2.37. The molecule has 1 atom stereocenters. The number of nitrogens with one attached hydrogen (secondary N) is 1. The van der Waals surface area contributed by atoms with Gasteiger partial charge in [0.15, 0.2) is 6.10 Å².